The summed E-state index contributed by atoms with van der Waals surface area (Å²) in [5.74, 6) is 5.84. The summed E-state index contributed by atoms with van der Waals surface area (Å²) < 4.78 is 0.995. The lowest BCUT2D eigenvalue weighted by atomic mass is 10.2. The lowest BCUT2D eigenvalue weighted by Crippen LogP contribution is -2.50. The number of aliphatic hydroxyl groups excluding tert-OH is 1. The molecule has 92 valence electrons. The highest BCUT2D eigenvalue weighted by Gasteiger charge is 2.24. The molecule has 0 atom stereocenters. The quantitative estimate of drug-likeness (QED) is 0.399. The first-order chi connectivity index (χ1) is 7.60. The van der Waals surface area contributed by atoms with Crippen LogP contribution >= 0.6 is 0 Å². The maximum Gasteiger partial charge on any atom is 0.141 e. The van der Waals surface area contributed by atoms with Crippen molar-refractivity contribution in [2.75, 3.05) is 32.8 Å². The molecule has 0 saturated heterocycles. The van der Waals surface area contributed by atoms with E-state index in [2.05, 4.69) is 39.2 Å². The molecule has 0 aliphatic carbocycles. The number of hydrogen-bond donors (Lipinski definition) is 1. The number of nitrogens with zero attached hydrogens (tertiary/aromatic N) is 1. The molecular formula is C14H26NO+. The van der Waals surface area contributed by atoms with E-state index in [0.717, 1.165) is 43.5 Å². The van der Waals surface area contributed by atoms with Crippen molar-refractivity contribution in [3.8, 4) is 11.8 Å². The van der Waals surface area contributed by atoms with Gasteiger partial charge in [0.25, 0.3) is 0 Å². The van der Waals surface area contributed by atoms with Gasteiger partial charge >= 0.3 is 0 Å². The molecular weight excluding hydrogens is 198 g/mol. The standard InChI is InChI=1S/C14H26NO/c1-5-9-15(10-6-2,13-14(3)4)11-7-8-12-16/h16H,3,5-6,9-13H2,1-2,4H3/q+1. The van der Waals surface area contributed by atoms with E-state index in [4.69, 9.17) is 5.11 Å². The molecule has 0 fully saturated rings. The predicted octanol–water partition coefficient (Wildman–Crippen LogP) is 2.20. The average Bonchev–Trinajstić information content (AvgIpc) is 2.17. The maximum atomic E-state index is 8.71. The van der Waals surface area contributed by atoms with Gasteiger partial charge in [-0.2, -0.15) is 0 Å². The maximum absolute atomic E-state index is 8.71. The van der Waals surface area contributed by atoms with E-state index in [1.54, 1.807) is 0 Å². The lowest BCUT2D eigenvalue weighted by Gasteiger charge is -2.37. The van der Waals surface area contributed by atoms with Crippen molar-refractivity contribution in [2.45, 2.75) is 33.6 Å². The molecule has 0 aliphatic heterocycles. The highest BCUT2D eigenvalue weighted by molar-refractivity contribution is 4.99. The van der Waals surface area contributed by atoms with Gasteiger partial charge in [0.15, 0.2) is 0 Å². The van der Waals surface area contributed by atoms with E-state index in [-0.39, 0.29) is 6.61 Å². The minimum absolute atomic E-state index is 0.0364. The molecule has 0 aromatic heterocycles. The summed E-state index contributed by atoms with van der Waals surface area (Å²) in [6, 6.07) is 0. The minimum atomic E-state index is -0.0364. The molecule has 2 heteroatoms. The second-order valence-electron chi connectivity index (χ2n) is 4.57. The first-order valence-electron chi connectivity index (χ1n) is 6.16. The molecule has 1 N–H and O–H groups in total. The van der Waals surface area contributed by atoms with E-state index in [1.165, 1.54) is 5.57 Å². The predicted molar refractivity (Wildman–Crippen MR) is 70.0 cm³/mol. The van der Waals surface area contributed by atoms with Crippen molar-refractivity contribution in [3.05, 3.63) is 12.2 Å². The van der Waals surface area contributed by atoms with Gasteiger partial charge in [-0.15, -0.1) is 0 Å². The Bertz CT molecular complexity index is 254. The Morgan fingerprint density at radius 1 is 1.19 bits per heavy atom. The summed E-state index contributed by atoms with van der Waals surface area (Å²) in [6.45, 7) is 14.6. The zero-order valence-electron chi connectivity index (χ0n) is 11.1. The topological polar surface area (TPSA) is 20.2 Å². The highest BCUT2D eigenvalue weighted by atomic mass is 16.2. The first-order valence-corrected chi connectivity index (χ1v) is 6.16. The zero-order chi connectivity index (χ0) is 12.4. The van der Waals surface area contributed by atoms with Gasteiger partial charge in [0.1, 0.15) is 19.7 Å². The fourth-order valence-corrected chi connectivity index (χ4v) is 2.28. The second-order valence-corrected chi connectivity index (χ2v) is 4.57. The normalized spacial score (nSPS) is 10.8. The van der Waals surface area contributed by atoms with Gasteiger partial charge < -0.3 is 9.59 Å². The molecule has 0 aliphatic rings. The number of quaternary nitrogens is 1. The summed E-state index contributed by atoms with van der Waals surface area (Å²) >= 11 is 0. The molecule has 16 heavy (non-hydrogen) atoms. The van der Waals surface area contributed by atoms with Crippen molar-refractivity contribution in [1.29, 1.82) is 0 Å². The smallest absolute Gasteiger partial charge is 0.141 e. The zero-order valence-corrected chi connectivity index (χ0v) is 11.1. The van der Waals surface area contributed by atoms with Gasteiger partial charge in [-0.05, 0) is 31.3 Å². The molecule has 0 heterocycles. The van der Waals surface area contributed by atoms with Crippen LogP contribution in [0.3, 0.4) is 0 Å². The Morgan fingerprint density at radius 3 is 2.12 bits per heavy atom. The number of hydrogen-bond acceptors (Lipinski definition) is 1. The monoisotopic (exact) mass is 224 g/mol. The van der Waals surface area contributed by atoms with Gasteiger partial charge in [0.05, 0.1) is 13.1 Å². The highest BCUT2D eigenvalue weighted by Crippen LogP contribution is 2.12. The summed E-state index contributed by atoms with van der Waals surface area (Å²) in [5.41, 5.74) is 1.22. The molecule has 0 bridgehead atoms. The third-order valence-corrected chi connectivity index (χ3v) is 2.62. The van der Waals surface area contributed by atoms with Gasteiger partial charge in [0.2, 0.25) is 0 Å². The van der Waals surface area contributed by atoms with Crippen LogP contribution < -0.4 is 0 Å². The number of aliphatic hydroxyl groups is 1. The van der Waals surface area contributed by atoms with Crippen LogP contribution in [0.5, 0.6) is 0 Å². The SMILES string of the molecule is C=C(C)C[N+](CC#CCO)(CCC)CCC. The molecule has 0 saturated carbocycles. The Labute approximate surface area is 101 Å². The molecule has 0 rings (SSSR count). The van der Waals surface area contributed by atoms with E-state index in [0.29, 0.717) is 0 Å². The average molecular weight is 224 g/mol. The van der Waals surface area contributed by atoms with Crippen LogP contribution in [0.25, 0.3) is 0 Å². The van der Waals surface area contributed by atoms with E-state index >= 15 is 0 Å². The molecule has 0 radical (unpaired) electrons. The molecule has 0 aromatic carbocycles. The van der Waals surface area contributed by atoms with Gasteiger partial charge in [-0.1, -0.05) is 26.3 Å². The summed E-state index contributed by atoms with van der Waals surface area (Å²) in [6.07, 6.45) is 2.32. The van der Waals surface area contributed by atoms with Crippen molar-refractivity contribution in [2.24, 2.45) is 0 Å². The van der Waals surface area contributed by atoms with Crippen LogP contribution in [-0.2, 0) is 0 Å². The van der Waals surface area contributed by atoms with Crippen molar-refractivity contribution in [1.82, 2.24) is 0 Å². The van der Waals surface area contributed by atoms with Crippen LogP contribution in [0, 0.1) is 11.8 Å². The second kappa shape index (κ2) is 8.38. The van der Waals surface area contributed by atoms with Crippen LogP contribution in [0.2, 0.25) is 0 Å². The number of rotatable bonds is 7. The third-order valence-electron chi connectivity index (χ3n) is 2.62. The Kier molecular flexibility index (Phi) is 7.97. The molecule has 2 nitrogen and oxygen atoms in total. The van der Waals surface area contributed by atoms with E-state index < -0.39 is 0 Å². The lowest BCUT2D eigenvalue weighted by molar-refractivity contribution is -0.917. The fourth-order valence-electron chi connectivity index (χ4n) is 2.28. The van der Waals surface area contributed by atoms with Gasteiger partial charge in [0, 0.05) is 0 Å². The van der Waals surface area contributed by atoms with Crippen LogP contribution in [-0.4, -0.2) is 42.4 Å². The van der Waals surface area contributed by atoms with Crippen molar-refractivity contribution < 1.29 is 9.59 Å². The molecule has 0 amide bonds. The molecule has 0 unspecified atom stereocenters. The summed E-state index contributed by atoms with van der Waals surface area (Å²) in [4.78, 5) is 0. The van der Waals surface area contributed by atoms with Gasteiger partial charge in [-0.3, -0.25) is 0 Å². The van der Waals surface area contributed by atoms with Crippen molar-refractivity contribution >= 4 is 0 Å². The van der Waals surface area contributed by atoms with Crippen LogP contribution in [0.4, 0.5) is 0 Å². The van der Waals surface area contributed by atoms with Crippen LogP contribution in [0.15, 0.2) is 12.2 Å². The minimum Gasteiger partial charge on any atom is -0.384 e. The van der Waals surface area contributed by atoms with E-state index in [9.17, 15) is 0 Å². The summed E-state index contributed by atoms with van der Waals surface area (Å²) in [7, 11) is 0. The third kappa shape index (κ3) is 5.95. The Hall–Kier alpha value is -0.780. The molecule has 0 spiro atoms. The Morgan fingerprint density at radius 2 is 1.75 bits per heavy atom. The van der Waals surface area contributed by atoms with Gasteiger partial charge in [-0.25, -0.2) is 0 Å². The largest absolute Gasteiger partial charge is 0.384 e. The summed E-state index contributed by atoms with van der Waals surface area (Å²) in [5, 5.41) is 8.71. The molecule has 0 aromatic rings. The fraction of sp³-hybridized carbons (Fsp3) is 0.714. The first kappa shape index (κ1) is 15.2. The Balaban J connectivity index is 4.68. The van der Waals surface area contributed by atoms with Crippen molar-refractivity contribution in [3.63, 3.8) is 0 Å². The van der Waals surface area contributed by atoms with E-state index in [1.807, 2.05) is 0 Å². The van der Waals surface area contributed by atoms with Crippen LogP contribution in [0.1, 0.15) is 33.6 Å².